The van der Waals surface area contributed by atoms with E-state index in [0.717, 1.165) is 89.9 Å². The van der Waals surface area contributed by atoms with E-state index in [0.29, 0.717) is 19.3 Å². The fraction of sp³-hybridized carbons (Fsp3) is 0.590. The normalized spacial score (nSPS) is 13.2. The van der Waals surface area contributed by atoms with Crippen LogP contribution in [0.5, 0.6) is 0 Å². The van der Waals surface area contributed by atoms with E-state index in [1.807, 2.05) is 12.2 Å². The van der Waals surface area contributed by atoms with Gasteiger partial charge in [0.1, 0.15) is 13.2 Å². The number of unbranched alkanes of at least 4 members (excludes halogenated alkanes) is 13. The molecule has 0 aromatic carbocycles. The van der Waals surface area contributed by atoms with Crippen molar-refractivity contribution in [1.29, 1.82) is 0 Å². The predicted molar refractivity (Wildman–Crippen MR) is 288 cm³/mol. The number of allylic oxidation sites excluding steroid dienone is 22. The molecule has 0 bridgehead atoms. The van der Waals surface area contributed by atoms with E-state index >= 15 is 0 Å². The Balaban J connectivity index is 4.55. The number of ether oxygens (including phenoxy) is 3. The third-order valence-corrected chi connectivity index (χ3v) is 10.6. The number of esters is 3. The highest BCUT2D eigenvalue weighted by Crippen LogP contribution is 2.13. The van der Waals surface area contributed by atoms with E-state index in [9.17, 15) is 14.4 Å². The molecule has 0 rings (SSSR count). The smallest absolute Gasteiger partial charge is 0.306 e. The molecule has 67 heavy (non-hydrogen) atoms. The molecule has 0 radical (unpaired) electrons. The molecule has 6 nitrogen and oxygen atoms in total. The molecule has 0 heterocycles. The van der Waals surface area contributed by atoms with Crippen molar-refractivity contribution in [2.75, 3.05) is 13.2 Å². The molecule has 1 atom stereocenters. The van der Waals surface area contributed by atoms with E-state index in [-0.39, 0.29) is 38.0 Å². The first kappa shape index (κ1) is 62.5. The summed E-state index contributed by atoms with van der Waals surface area (Å²) in [4.78, 5) is 38.0. The number of hydrogen-bond donors (Lipinski definition) is 0. The maximum Gasteiger partial charge on any atom is 0.306 e. The molecule has 0 aliphatic heterocycles. The Morgan fingerprint density at radius 3 is 1.04 bits per heavy atom. The molecular formula is C61H96O6. The van der Waals surface area contributed by atoms with E-state index in [1.165, 1.54) is 70.6 Å². The predicted octanol–water partition coefficient (Wildman–Crippen LogP) is 17.9. The van der Waals surface area contributed by atoms with Gasteiger partial charge < -0.3 is 14.2 Å². The first-order valence-corrected chi connectivity index (χ1v) is 26.7. The van der Waals surface area contributed by atoms with Gasteiger partial charge in [-0.25, -0.2) is 0 Å². The molecule has 0 aromatic heterocycles. The van der Waals surface area contributed by atoms with Crippen LogP contribution in [0.3, 0.4) is 0 Å². The molecule has 376 valence electrons. The molecule has 0 aromatic rings. The Hall–Kier alpha value is -4.45. The minimum absolute atomic E-state index is 0.130. The Kier molecular flexibility index (Phi) is 50.6. The summed E-state index contributed by atoms with van der Waals surface area (Å²) in [7, 11) is 0. The molecule has 1 unspecified atom stereocenters. The van der Waals surface area contributed by atoms with Crippen LogP contribution >= 0.6 is 0 Å². The average Bonchev–Trinajstić information content (AvgIpc) is 3.33. The largest absolute Gasteiger partial charge is 0.462 e. The van der Waals surface area contributed by atoms with Gasteiger partial charge in [0.05, 0.1) is 0 Å². The fourth-order valence-electron chi connectivity index (χ4n) is 6.70. The molecule has 0 saturated heterocycles. The first-order valence-electron chi connectivity index (χ1n) is 26.7. The second kappa shape index (κ2) is 54.2. The van der Waals surface area contributed by atoms with E-state index in [2.05, 4.69) is 142 Å². The fourth-order valence-corrected chi connectivity index (χ4v) is 6.70. The molecular weight excluding hydrogens is 829 g/mol. The number of carbonyl (C=O) groups is 3. The Morgan fingerprint density at radius 1 is 0.313 bits per heavy atom. The lowest BCUT2D eigenvalue weighted by Gasteiger charge is -2.18. The van der Waals surface area contributed by atoms with Gasteiger partial charge in [0.2, 0.25) is 0 Å². The summed E-state index contributed by atoms with van der Waals surface area (Å²) in [5.41, 5.74) is 0. The minimum atomic E-state index is -0.843. The van der Waals surface area contributed by atoms with Crippen LogP contribution in [0, 0.1) is 0 Å². The quantitative estimate of drug-likeness (QED) is 0.0262. The van der Waals surface area contributed by atoms with Crippen LogP contribution in [-0.2, 0) is 28.6 Å². The minimum Gasteiger partial charge on any atom is -0.462 e. The van der Waals surface area contributed by atoms with Crippen molar-refractivity contribution in [2.45, 2.75) is 219 Å². The number of carbonyl (C=O) groups excluding carboxylic acids is 3. The molecule has 0 saturated carbocycles. The zero-order valence-corrected chi connectivity index (χ0v) is 42.9. The van der Waals surface area contributed by atoms with Crippen LogP contribution in [0.4, 0.5) is 0 Å². The summed E-state index contributed by atoms with van der Waals surface area (Å²) < 4.78 is 16.7. The second-order valence-electron chi connectivity index (χ2n) is 17.0. The van der Waals surface area contributed by atoms with Crippen molar-refractivity contribution in [1.82, 2.24) is 0 Å². The SMILES string of the molecule is CC/C=C\C/C=C\C/C=C\C/C=C\C/C=C\CCCC(=O)OC(COC(=O)CC/C=C\C/C=C\C/C=C\C/C=C\CC)COC(=O)CCCCCCCCCCC/C=C\C/C=C\CCCCC. The molecule has 0 spiro atoms. The molecule has 0 aliphatic rings. The summed E-state index contributed by atoms with van der Waals surface area (Å²) in [6.45, 7) is 6.25. The summed E-state index contributed by atoms with van der Waals surface area (Å²) >= 11 is 0. The monoisotopic (exact) mass is 925 g/mol. The Bertz CT molecular complexity index is 1480. The summed E-state index contributed by atoms with van der Waals surface area (Å²) in [6, 6.07) is 0. The van der Waals surface area contributed by atoms with Crippen molar-refractivity contribution in [2.24, 2.45) is 0 Å². The van der Waals surface area contributed by atoms with Crippen LogP contribution in [0.25, 0.3) is 0 Å². The first-order chi connectivity index (χ1) is 33.0. The number of hydrogen-bond acceptors (Lipinski definition) is 6. The standard InChI is InChI=1S/C61H96O6/c1-4-7-10-13-16-19-22-25-27-29-30-32-33-36-39-42-45-48-51-54-60(63)66-57-58(56-65-59(62)53-50-47-44-41-38-35-24-21-18-15-12-9-6-3)67-61(64)55-52-49-46-43-40-37-34-31-28-26-23-20-17-14-11-8-5-2/h8-9,11-12,16-21,25-28,34-35,37-38,43-44,46-47,58H,4-7,10,13-15,22-24,29-33,36,39-42,45,48-57H2,1-3H3/b11-8-,12-9-,19-16-,20-17-,21-18-,27-25-,28-26-,37-34-,38-35-,46-43-,47-44-. The Labute approximate surface area is 411 Å². The lowest BCUT2D eigenvalue weighted by atomic mass is 10.1. The van der Waals surface area contributed by atoms with Crippen LogP contribution in [0.1, 0.15) is 213 Å². The van der Waals surface area contributed by atoms with Crippen LogP contribution in [0.2, 0.25) is 0 Å². The summed E-state index contributed by atoms with van der Waals surface area (Å²) in [6.07, 6.45) is 76.0. The van der Waals surface area contributed by atoms with Gasteiger partial charge in [-0.3, -0.25) is 14.4 Å². The maximum absolute atomic E-state index is 12.8. The lowest BCUT2D eigenvalue weighted by Crippen LogP contribution is -2.30. The third-order valence-electron chi connectivity index (χ3n) is 10.6. The summed E-state index contributed by atoms with van der Waals surface area (Å²) in [5, 5.41) is 0. The van der Waals surface area contributed by atoms with Gasteiger partial charge in [0.25, 0.3) is 0 Å². The van der Waals surface area contributed by atoms with Crippen molar-refractivity contribution in [3.8, 4) is 0 Å². The average molecular weight is 925 g/mol. The topological polar surface area (TPSA) is 78.9 Å². The van der Waals surface area contributed by atoms with Crippen molar-refractivity contribution in [3.05, 3.63) is 134 Å². The van der Waals surface area contributed by atoms with Gasteiger partial charge in [-0.15, -0.1) is 0 Å². The van der Waals surface area contributed by atoms with Crippen molar-refractivity contribution in [3.63, 3.8) is 0 Å². The van der Waals surface area contributed by atoms with Gasteiger partial charge in [-0.2, -0.15) is 0 Å². The highest BCUT2D eigenvalue weighted by atomic mass is 16.6. The van der Waals surface area contributed by atoms with Crippen molar-refractivity contribution < 1.29 is 28.6 Å². The van der Waals surface area contributed by atoms with Gasteiger partial charge in [0, 0.05) is 19.3 Å². The van der Waals surface area contributed by atoms with Crippen LogP contribution in [-0.4, -0.2) is 37.2 Å². The van der Waals surface area contributed by atoms with Crippen LogP contribution in [0.15, 0.2) is 134 Å². The second-order valence-corrected chi connectivity index (χ2v) is 17.0. The molecule has 0 amide bonds. The highest BCUT2D eigenvalue weighted by Gasteiger charge is 2.19. The molecule has 6 heteroatoms. The van der Waals surface area contributed by atoms with Crippen LogP contribution < -0.4 is 0 Å². The summed E-state index contributed by atoms with van der Waals surface area (Å²) in [5.74, 6) is -1.09. The van der Waals surface area contributed by atoms with Gasteiger partial charge in [-0.1, -0.05) is 212 Å². The Morgan fingerprint density at radius 2 is 0.627 bits per heavy atom. The lowest BCUT2D eigenvalue weighted by molar-refractivity contribution is -0.166. The van der Waals surface area contributed by atoms with Gasteiger partial charge in [-0.05, 0) is 116 Å². The van der Waals surface area contributed by atoms with E-state index in [4.69, 9.17) is 14.2 Å². The van der Waals surface area contributed by atoms with E-state index < -0.39 is 12.1 Å². The molecule has 0 N–H and O–H groups in total. The zero-order chi connectivity index (χ0) is 48.6. The number of rotatable bonds is 46. The maximum atomic E-state index is 12.8. The molecule has 0 aliphatic carbocycles. The van der Waals surface area contributed by atoms with Gasteiger partial charge >= 0.3 is 17.9 Å². The van der Waals surface area contributed by atoms with Crippen molar-refractivity contribution >= 4 is 17.9 Å². The van der Waals surface area contributed by atoms with E-state index in [1.54, 1.807) is 0 Å². The zero-order valence-electron chi connectivity index (χ0n) is 42.9. The van der Waals surface area contributed by atoms with Gasteiger partial charge in [0.15, 0.2) is 6.10 Å². The molecule has 0 fully saturated rings. The highest BCUT2D eigenvalue weighted by molar-refractivity contribution is 5.71. The third kappa shape index (κ3) is 52.4.